The van der Waals surface area contributed by atoms with Gasteiger partial charge in [-0.1, -0.05) is 24.6 Å². The predicted molar refractivity (Wildman–Crippen MR) is 93.6 cm³/mol. The summed E-state index contributed by atoms with van der Waals surface area (Å²) in [4.78, 5) is 11.0. The minimum absolute atomic E-state index is 0.131. The molecule has 1 aliphatic rings. The van der Waals surface area contributed by atoms with Crippen LogP contribution in [0.3, 0.4) is 0 Å². The van der Waals surface area contributed by atoms with Crippen LogP contribution >= 0.6 is 0 Å². The van der Waals surface area contributed by atoms with E-state index in [0.29, 0.717) is 12.3 Å². The van der Waals surface area contributed by atoms with Gasteiger partial charge in [-0.2, -0.15) is 5.10 Å². The number of hydrogen-bond donors (Lipinski definition) is 3. The summed E-state index contributed by atoms with van der Waals surface area (Å²) in [6.45, 7) is 6.85. The number of terminal acetylenes is 1. The minimum atomic E-state index is 0.131. The van der Waals surface area contributed by atoms with Gasteiger partial charge in [-0.15, -0.1) is 12.8 Å². The average Bonchev–Trinajstić information content (AvgIpc) is 2.55. The Morgan fingerprint density at radius 3 is 2.64 bits per heavy atom. The van der Waals surface area contributed by atoms with E-state index in [9.17, 15) is 4.79 Å². The number of nitrogens with one attached hydrogen (secondary N) is 2. The molecule has 5 heteroatoms. The lowest BCUT2D eigenvalue weighted by Crippen LogP contribution is -2.18. The van der Waals surface area contributed by atoms with Crippen LogP contribution in [0.4, 0.5) is 5.69 Å². The normalized spacial score (nSPS) is 12.6. The first-order chi connectivity index (χ1) is 10.6. The van der Waals surface area contributed by atoms with Crippen LogP contribution in [0.15, 0.2) is 23.3 Å². The van der Waals surface area contributed by atoms with Crippen LogP contribution in [0, 0.1) is 19.8 Å². The third-order valence-electron chi connectivity index (χ3n) is 2.90. The van der Waals surface area contributed by atoms with Gasteiger partial charge in [-0.3, -0.25) is 4.79 Å². The Morgan fingerprint density at radius 1 is 1.36 bits per heavy atom. The number of rotatable bonds is 3. The Labute approximate surface area is 133 Å². The van der Waals surface area contributed by atoms with E-state index in [1.54, 1.807) is 0 Å². The second kappa shape index (κ2) is 11.2. The van der Waals surface area contributed by atoms with E-state index < -0.39 is 0 Å². The first kappa shape index (κ1) is 19.5. The number of nitrogens with two attached hydrogens (primary N) is 1. The molecule has 0 saturated heterocycles. The molecule has 1 aromatic carbocycles. The summed E-state index contributed by atoms with van der Waals surface area (Å²) < 4.78 is 0. The number of carbonyl (C=O) groups is 1. The van der Waals surface area contributed by atoms with E-state index in [0.717, 1.165) is 25.1 Å². The van der Waals surface area contributed by atoms with Crippen LogP contribution in [-0.4, -0.2) is 18.3 Å². The molecule has 0 atom stereocenters. The Balaban J connectivity index is 0.000000388. The number of nitrogens with zero attached hydrogens (tertiary/aromatic N) is 1. The molecule has 2 rings (SSSR count). The van der Waals surface area contributed by atoms with E-state index in [1.807, 2.05) is 26.0 Å². The molecule has 1 aliphatic heterocycles. The second-order valence-corrected chi connectivity index (χ2v) is 4.68. The molecule has 0 aromatic heterocycles. The number of anilines is 1. The lowest BCUT2D eigenvalue weighted by Gasteiger charge is -2.16. The Hall–Kier alpha value is -2.48. The third-order valence-corrected chi connectivity index (χ3v) is 2.90. The van der Waals surface area contributed by atoms with Crippen LogP contribution in [0.25, 0.3) is 0 Å². The number of hydrogen-bond acceptors (Lipinski definition) is 3. The van der Waals surface area contributed by atoms with Gasteiger partial charge in [-0.05, 0) is 31.9 Å². The summed E-state index contributed by atoms with van der Waals surface area (Å²) in [6, 6.07) is 6.13. The van der Waals surface area contributed by atoms with Crippen molar-refractivity contribution in [2.45, 2.75) is 40.0 Å². The van der Waals surface area contributed by atoms with Gasteiger partial charge in [0.2, 0.25) is 5.91 Å². The molecule has 1 heterocycles. The zero-order chi connectivity index (χ0) is 17.0. The SMILES string of the molecule is C#C.CCN/N=C(/N)CC.Cc1ccc2c(c1)CCC(=O)N2. The predicted octanol–water partition coefficient (Wildman–Crippen LogP) is 2.41. The fourth-order valence-corrected chi connectivity index (χ4v) is 1.77. The first-order valence-corrected chi connectivity index (χ1v) is 7.34. The van der Waals surface area contributed by atoms with Crippen molar-refractivity contribution < 1.29 is 4.79 Å². The topological polar surface area (TPSA) is 79.5 Å². The van der Waals surface area contributed by atoms with E-state index in [4.69, 9.17) is 5.73 Å². The van der Waals surface area contributed by atoms with Crippen molar-refractivity contribution in [1.82, 2.24) is 5.43 Å². The molecule has 0 aliphatic carbocycles. The minimum Gasteiger partial charge on any atom is -0.386 e. The standard InChI is InChI=1S/C10H11NO.C5H13N3.C2H2/c1-7-2-4-9-8(6-7)3-5-10(12)11-9;1-3-5(6)8-7-4-2;1-2/h2,4,6H,3,5H2,1H3,(H,11,12);7H,3-4H2,1-2H3,(H2,6,8);1-2H. The van der Waals surface area contributed by atoms with Crippen molar-refractivity contribution >= 4 is 17.4 Å². The van der Waals surface area contributed by atoms with Crippen LogP contribution in [0.5, 0.6) is 0 Å². The van der Waals surface area contributed by atoms with Gasteiger partial charge in [0.25, 0.3) is 0 Å². The maximum absolute atomic E-state index is 11.0. The number of hydrazone groups is 1. The molecule has 1 aromatic rings. The van der Waals surface area contributed by atoms with Crippen molar-refractivity contribution in [2.24, 2.45) is 10.8 Å². The quantitative estimate of drug-likeness (QED) is 0.347. The molecule has 0 bridgehead atoms. The van der Waals surface area contributed by atoms with E-state index in [-0.39, 0.29) is 5.91 Å². The highest BCUT2D eigenvalue weighted by Gasteiger charge is 2.13. The van der Waals surface area contributed by atoms with Crippen molar-refractivity contribution in [2.75, 3.05) is 11.9 Å². The summed E-state index contributed by atoms with van der Waals surface area (Å²) >= 11 is 0. The Bertz CT molecular complexity index is 521. The maximum Gasteiger partial charge on any atom is 0.224 e. The fraction of sp³-hybridized carbons (Fsp3) is 0.412. The van der Waals surface area contributed by atoms with Gasteiger partial charge in [-0.25, -0.2) is 0 Å². The molecule has 0 radical (unpaired) electrons. The van der Waals surface area contributed by atoms with Crippen molar-refractivity contribution in [3.8, 4) is 12.8 Å². The molecule has 4 N–H and O–H groups in total. The zero-order valence-electron chi connectivity index (χ0n) is 13.6. The van der Waals surface area contributed by atoms with Crippen LogP contribution in [0.1, 0.15) is 37.8 Å². The molecule has 1 amide bonds. The van der Waals surface area contributed by atoms with Gasteiger partial charge < -0.3 is 16.5 Å². The van der Waals surface area contributed by atoms with Gasteiger partial charge in [0, 0.05) is 25.1 Å². The van der Waals surface area contributed by atoms with Crippen molar-refractivity contribution in [1.29, 1.82) is 0 Å². The van der Waals surface area contributed by atoms with E-state index in [2.05, 4.69) is 41.7 Å². The van der Waals surface area contributed by atoms with E-state index in [1.165, 1.54) is 11.1 Å². The summed E-state index contributed by atoms with van der Waals surface area (Å²) in [5, 5.41) is 6.65. The van der Waals surface area contributed by atoms with Gasteiger partial charge in [0.05, 0.1) is 0 Å². The van der Waals surface area contributed by atoms with Crippen LogP contribution in [-0.2, 0) is 11.2 Å². The average molecular weight is 302 g/mol. The Kier molecular flexibility index (Phi) is 9.95. The molecule has 0 spiro atoms. The van der Waals surface area contributed by atoms with Gasteiger partial charge in [0.1, 0.15) is 5.84 Å². The summed E-state index contributed by atoms with van der Waals surface area (Å²) in [6.07, 6.45) is 10.3. The zero-order valence-corrected chi connectivity index (χ0v) is 13.6. The number of aryl methyl sites for hydroxylation is 2. The highest BCUT2D eigenvalue weighted by Crippen LogP contribution is 2.22. The number of carbonyl (C=O) groups excluding carboxylic acids is 1. The monoisotopic (exact) mass is 302 g/mol. The van der Waals surface area contributed by atoms with Gasteiger partial charge in [0.15, 0.2) is 0 Å². The third kappa shape index (κ3) is 7.34. The summed E-state index contributed by atoms with van der Waals surface area (Å²) in [5.74, 6) is 0.790. The molecular formula is C17H26N4O. The van der Waals surface area contributed by atoms with Crippen LogP contribution in [0.2, 0.25) is 0 Å². The molecular weight excluding hydrogens is 276 g/mol. The van der Waals surface area contributed by atoms with E-state index >= 15 is 0 Å². The summed E-state index contributed by atoms with van der Waals surface area (Å²) in [7, 11) is 0. The van der Waals surface area contributed by atoms with Gasteiger partial charge >= 0.3 is 0 Å². The highest BCUT2D eigenvalue weighted by atomic mass is 16.1. The lowest BCUT2D eigenvalue weighted by atomic mass is 10.0. The molecule has 0 fully saturated rings. The molecule has 0 saturated carbocycles. The Morgan fingerprint density at radius 2 is 2.05 bits per heavy atom. The molecule has 5 nitrogen and oxygen atoms in total. The highest BCUT2D eigenvalue weighted by molar-refractivity contribution is 5.93. The lowest BCUT2D eigenvalue weighted by molar-refractivity contribution is -0.116. The summed E-state index contributed by atoms with van der Waals surface area (Å²) in [5.41, 5.74) is 11.6. The number of amides is 1. The molecule has 22 heavy (non-hydrogen) atoms. The van der Waals surface area contributed by atoms with Crippen molar-refractivity contribution in [3.63, 3.8) is 0 Å². The first-order valence-electron chi connectivity index (χ1n) is 7.34. The number of benzene rings is 1. The molecule has 120 valence electrons. The maximum atomic E-state index is 11.0. The smallest absolute Gasteiger partial charge is 0.224 e. The largest absolute Gasteiger partial charge is 0.386 e. The number of amidine groups is 1. The van der Waals surface area contributed by atoms with Crippen LogP contribution < -0.4 is 16.5 Å². The fourth-order valence-electron chi connectivity index (χ4n) is 1.77. The molecule has 0 unspecified atom stereocenters. The number of fused-ring (bicyclic) bond motifs is 1. The van der Waals surface area contributed by atoms with Crippen molar-refractivity contribution in [3.05, 3.63) is 29.3 Å². The second-order valence-electron chi connectivity index (χ2n) is 4.68.